The van der Waals surface area contributed by atoms with E-state index in [2.05, 4.69) is 9.97 Å². The number of aryl methyl sites for hydroxylation is 1. The summed E-state index contributed by atoms with van der Waals surface area (Å²) in [6.45, 7) is 1.79. The molecule has 18 heavy (non-hydrogen) atoms. The van der Waals surface area contributed by atoms with Crippen molar-refractivity contribution in [2.45, 2.75) is 44.8 Å². The molecule has 1 saturated carbocycles. The van der Waals surface area contributed by atoms with Crippen LogP contribution in [0.1, 0.15) is 31.4 Å². The molecule has 2 unspecified atom stereocenters. The second kappa shape index (κ2) is 5.71. The fourth-order valence-electron chi connectivity index (χ4n) is 2.19. The SMILES string of the molecule is COC1CCCC(Oc2nc(Cl)nc(C)c2N)C1. The predicted molar refractivity (Wildman–Crippen MR) is 69.9 cm³/mol. The third-order valence-corrected chi connectivity index (χ3v) is 3.43. The first kappa shape index (κ1) is 13.4. The fourth-order valence-corrected chi connectivity index (χ4v) is 2.40. The Morgan fingerprint density at radius 1 is 1.28 bits per heavy atom. The number of rotatable bonds is 3. The van der Waals surface area contributed by atoms with E-state index in [-0.39, 0.29) is 17.5 Å². The number of nitrogen functional groups attached to an aromatic ring is 1. The second-order valence-electron chi connectivity index (χ2n) is 4.56. The van der Waals surface area contributed by atoms with Gasteiger partial charge in [-0.1, -0.05) is 0 Å². The van der Waals surface area contributed by atoms with Crippen molar-refractivity contribution in [3.05, 3.63) is 11.0 Å². The van der Waals surface area contributed by atoms with Gasteiger partial charge in [-0.25, -0.2) is 4.98 Å². The van der Waals surface area contributed by atoms with Gasteiger partial charge >= 0.3 is 0 Å². The molecule has 1 aromatic rings. The quantitative estimate of drug-likeness (QED) is 0.855. The molecular weight excluding hydrogens is 254 g/mol. The third-order valence-electron chi connectivity index (χ3n) is 3.26. The van der Waals surface area contributed by atoms with Gasteiger partial charge in [-0.15, -0.1) is 0 Å². The zero-order chi connectivity index (χ0) is 13.1. The number of hydrogen-bond acceptors (Lipinski definition) is 5. The fraction of sp³-hybridized carbons (Fsp3) is 0.667. The molecule has 0 radical (unpaired) electrons. The summed E-state index contributed by atoms with van der Waals surface area (Å²) in [5, 5.41) is 0.163. The van der Waals surface area contributed by atoms with Crippen molar-refractivity contribution in [1.29, 1.82) is 0 Å². The number of ether oxygens (including phenoxy) is 2. The number of methoxy groups -OCH3 is 1. The molecule has 0 aromatic carbocycles. The molecule has 0 spiro atoms. The van der Waals surface area contributed by atoms with E-state index in [0.717, 1.165) is 25.7 Å². The minimum atomic E-state index is 0.0800. The summed E-state index contributed by atoms with van der Waals surface area (Å²) in [7, 11) is 1.73. The van der Waals surface area contributed by atoms with Crippen molar-refractivity contribution in [3.63, 3.8) is 0 Å². The smallest absolute Gasteiger partial charge is 0.242 e. The molecule has 2 N–H and O–H groups in total. The minimum Gasteiger partial charge on any atom is -0.473 e. The molecule has 0 saturated heterocycles. The lowest BCUT2D eigenvalue weighted by molar-refractivity contribution is 0.0197. The van der Waals surface area contributed by atoms with Crippen molar-refractivity contribution in [1.82, 2.24) is 9.97 Å². The Morgan fingerprint density at radius 2 is 2.00 bits per heavy atom. The maximum absolute atomic E-state index is 5.90. The monoisotopic (exact) mass is 271 g/mol. The zero-order valence-corrected chi connectivity index (χ0v) is 11.4. The number of halogens is 1. The molecule has 0 bridgehead atoms. The first-order valence-corrected chi connectivity index (χ1v) is 6.47. The number of nitrogens with two attached hydrogens (primary N) is 1. The molecular formula is C12H18ClN3O2. The average molecular weight is 272 g/mol. The maximum atomic E-state index is 5.90. The van der Waals surface area contributed by atoms with Gasteiger partial charge in [0, 0.05) is 13.5 Å². The number of anilines is 1. The van der Waals surface area contributed by atoms with Gasteiger partial charge in [0.2, 0.25) is 11.2 Å². The summed E-state index contributed by atoms with van der Waals surface area (Å²) in [6, 6.07) is 0. The molecule has 1 aromatic heterocycles. The highest BCUT2D eigenvalue weighted by molar-refractivity contribution is 6.28. The van der Waals surface area contributed by atoms with Gasteiger partial charge in [0.05, 0.1) is 11.8 Å². The maximum Gasteiger partial charge on any atom is 0.242 e. The summed E-state index contributed by atoms with van der Waals surface area (Å²) < 4.78 is 11.2. The molecule has 2 atom stereocenters. The lowest BCUT2D eigenvalue weighted by atomic mass is 9.95. The summed E-state index contributed by atoms with van der Waals surface area (Å²) in [6.07, 6.45) is 4.34. The number of aromatic nitrogens is 2. The Morgan fingerprint density at radius 3 is 2.72 bits per heavy atom. The van der Waals surface area contributed by atoms with Crippen molar-refractivity contribution < 1.29 is 9.47 Å². The van der Waals surface area contributed by atoms with E-state index in [4.69, 9.17) is 26.8 Å². The van der Waals surface area contributed by atoms with Crippen LogP contribution in [0.25, 0.3) is 0 Å². The Balaban J connectivity index is 2.09. The Labute approximate surface area is 112 Å². The standard InChI is InChI=1S/C12H18ClN3O2/c1-7-10(14)11(16-12(13)15-7)18-9-5-3-4-8(6-9)17-2/h8-9H,3-6,14H2,1-2H3. The predicted octanol–water partition coefficient (Wildman–Crippen LogP) is 2.36. The lowest BCUT2D eigenvalue weighted by Gasteiger charge is -2.28. The molecule has 1 aliphatic carbocycles. The molecule has 0 aliphatic heterocycles. The third kappa shape index (κ3) is 3.03. The highest BCUT2D eigenvalue weighted by Gasteiger charge is 2.24. The highest BCUT2D eigenvalue weighted by Crippen LogP contribution is 2.29. The molecule has 0 amide bonds. The van der Waals surface area contributed by atoms with Crippen molar-refractivity contribution in [3.8, 4) is 5.88 Å². The van der Waals surface area contributed by atoms with Crippen LogP contribution in [0.15, 0.2) is 0 Å². The van der Waals surface area contributed by atoms with E-state index >= 15 is 0 Å². The van der Waals surface area contributed by atoms with Gasteiger partial charge < -0.3 is 15.2 Å². The summed E-state index contributed by atoms with van der Waals surface area (Å²) >= 11 is 5.81. The number of hydrogen-bond donors (Lipinski definition) is 1. The molecule has 2 rings (SSSR count). The summed E-state index contributed by atoms with van der Waals surface area (Å²) in [5.74, 6) is 0.384. The van der Waals surface area contributed by atoms with Crippen LogP contribution in [0, 0.1) is 6.92 Å². The molecule has 1 aliphatic rings. The van der Waals surface area contributed by atoms with Crippen molar-refractivity contribution in [2.75, 3.05) is 12.8 Å². The van der Waals surface area contributed by atoms with Gasteiger partial charge in [-0.3, -0.25) is 0 Å². The van der Waals surface area contributed by atoms with Crippen LogP contribution in [-0.4, -0.2) is 29.3 Å². The van der Waals surface area contributed by atoms with E-state index in [9.17, 15) is 0 Å². The van der Waals surface area contributed by atoms with Crippen LogP contribution in [0.5, 0.6) is 5.88 Å². The largest absolute Gasteiger partial charge is 0.473 e. The molecule has 100 valence electrons. The minimum absolute atomic E-state index is 0.0800. The summed E-state index contributed by atoms with van der Waals surface area (Å²) in [5.41, 5.74) is 7.00. The second-order valence-corrected chi connectivity index (χ2v) is 4.90. The average Bonchev–Trinajstić information content (AvgIpc) is 2.35. The Bertz CT molecular complexity index is 428. The summed E-state index contributed by atoms with van der Waals surface area (Å²) in [4.78, 5) is 8.03. The van der Waals surface area contributed by atoms with E-state index in [1.165, 1.54) is 0 Å². The van der Waals surface area contributed by atoms with Gasteiger partial charge in [-0.05, 0) is 37.8 Å². The van der Waals surface area contributed by atoms with Crippen LogP contribution < -0.4 is 10.5 Å². The topological polar surface area (TPSA) is 70.3 Å². The van der Waals surface area contributed by atoms with E-state index < -0.39 is 0 Å². The Kier molecular flexibility index (Phi) is 4.24. The highest BCUT2D eigenvalue weighted by atomic mass is 35.5. The van der Waals surface area contributed by atoms with Crippen molar-refractivity contribution in [2.24, 2.45) is 0 Å². The van der Waals surface area contributed by atoms with Gasteiger partial charge in [0.25, 0.3) is 0 Å². The van der Waals surface area contributed by atoms with Crippen LogP contribution in [0.3, 0.4) is 0 Å². The molecule has 5 nitrogen and oxygen atoms in total. The molecule has 6 heteroatoms. The first-order chi connectivity index (χ1) is 8.60. The van der Waals surface area contributed by atoms with Crippen LogP contribution >= 0.6 is 11.6 Å². The zero-order valence-electron chi connectivity index (χ0n) is 10.6. The molecule has 1 fully saturated rings. The van der Waals surface area contributed by atoms with E-state index in [1.807, 2.05) is 0 Å². The number of nitrogens with zero attached hydrogens (tertiary/aromatic N) is 2. The van der Waals surface area contributed by atoms with Gasteiger partial charge in [-0.2, -0.15) is 4.98 Å². The van der Waals surface area contributed by atoms with Crippen LogP contribution in [0.2, 0.25) is 5.28 Å². The normalized spacial score (nSPS) is 23.9. The molecule has 1 heterocycles. The van der Waals surface area contributed by atoms with Gasteiger partial charge in [0.1, 0.15) is 11.8 Å². The van der Waals surface area contributed by atoms with E-state index in [0.29, 0.717) is 17.3 Å². The van der Waals surface area contributed by atoms with E-state index in [1.54, 1.807) is 14.0 Å². The first-order valence-electron chi connectivity index (χ1n) is 6.09. The van der Waals surface area contributed by atoms with Gasteiger partial charge in [0.15, 0.2) is 0 Å². The Hall–Kier alpha value is -1.07. The van der Waals surface area contributed by atoms with Crippen LogP contribution in [-0.2, 0) is 4.74 Å². The van der Waals surface area contributed by atoms with Crippen LogP contribution in [0.4, 0.5) is 5.69 Å². The van der Waals surface area contributed by atoms with Crippen molar-refractivity contribution >= 4 is 17.3 Å². The lowest BCUT2D eigenvalue weighted by Crippen LogP contribution is -2.30.